The number of hydrogen-bond acceptors (Lipinski definition) is 6. The Morgan fingerprint density at radius 3 is 2.13 bits per heavy atom. The van der Waals surface area contributed by atoms with Crippen molar-refractivity contribution in [3.05, 3.63) is 61.7 Å². The first kappa shape index (κ1) is 18.9. The molecule has 2 aromatic carbocycles. The molecule has 0 heterocycles. The van der Waals surface area contributed by atoms with E-state index in [1.807, 2.05) is 0 Å². The van der Waals surface area contributed by atoms with Gasteiger partial charge in [-0.3, -0.25) is 20.2 Å². The third-order valence-electron chi connectivity index (χ3n) is 3.19. The van der Waals surface area contributed by atoms with E-state index in [9.17, 15) is 25.3 Å². The zero-order valence-electron chi connectivity index (χ0n) is 12.8. The molecule has 0 aliphatic carbocycles. The van der Waals surface area contributed by atoms with Crippen molar-refractivity contribution in [1.82, 2.24) is 0 Å². The van der Waals surface area contributed by atoms with Gasteiger partial charge in [0.1, 0.15) is 5.69 Å². The van der Waals surface area contributed by atoms with Crippen LogP contribution in [0.4, 0.5) is 22.7 Å². The van der Waals surface area contributed by atoms with Crippen molar-refractivity contribution >= 4 is 22.7 Å². The Bertz CT molecular complexity index is 759. The van der Waals surface area contributed by atoms with Gasteiger partial charge in [0, 0.05) is 11.8 Å². The molecule has 0 radical (unpaired) electrons. The predicted molar refractivity (Wildman–Crippen MR) is 78.4 cm³/mol. The summed E-state index contributed by atoms with van der Waals surface area (Å²) in [6.45, 7) is 3.20. The van der Waals surface area contributed by atoms with Crippen LogP contribution in [0.15, 0.2) is 30.3 Å². The summed E-state index contributed by atoms with van der Waals surface area (Å²) in [5, 5.41) is 36.6. The maximum Gasteiger partial charge on any atom is 1.00 e. The van der Waals surface area contributed by atoms with Crippen molar-refractivity contribution < 1.29 is 44.5 Å². The van der Waals surface area contributed by atoms with E-state index in [-0.39, 0.29) is 52.4 Å². The van der Waals surface area contributed by atoms with Gasteiger partial charge in [-0.25, -0.2) is 0 Å². The Morgan fingerprint density at radius 1 is 0.957 bits per heavy atom. The maximum atomic E-state index is 11.9. The molecular weight excluding hydrogens is 313 g/mol. The minimum absolute atomic E-state index is 0. The summed E-state index contributed by atoms with van der Waals surface area (Å²) in [6, 6.07) is 6.70. The van der Waals surface area contributed by atoms with Gasteiger partial charge in [0.15, 0.2) is 0 Å². The van der Waals surface area contributed by atoms with Gasteiger partial charge >= 0.3 is 29.6 Å². The van der Waals surface area contributed by atoms with E-state index in [1.54, 1.807) is 19.1 Å². The summed E-state index contributed by atoms with van der Waals surface area (Å²) in [7, 11) is 0. The minimum atomic E-state index is -0.717. The molecule has 23 heavy (non-hydrogen) atoms. The number of benzene rings is 2. The van der Waals surface area contributed by atoms with Crippen LogP contribution < -0.4 is 40.0 Å². The molecule has 8 nitrogen and oxygen atoms in total. The number of aryl methyl sites for hydroxylation is 2. The molecule has 0 unspecified atom stereocenters. The number of nitro groups is 2. The molecule has 0 spiro atoms. The Balaban J connectivity index is 0.00000264. The molecule has 2 rings (SSSR count). The van der Waals surface area contributed by atoms with E-state index in [0.717, 1.165) is 6.07 Å². The number of anilines is 2. The fourth-order valence-corrected chi connectivity index (χ4v) is 2.09. The Morgan fingerprint density at radius 2 is 1.61 bits per heavy atom. The van der Waals surface area contributed by atoms with Crippen molar-refractivity contribution in [2.75, 3.05) is 5.32 Å². The summed E-state index contributed by atoms with van der Waals surface area (Å²) in [6.07, 6.45) is 0. The average Bonchev–Trinajstić information content (AvgIpc) is 2.43. The van der Waals surface area contributed by atoms with Gasteiger partial charge in [0.05, 0.1) is 15.9 Å². The van der Waals surface area contributed by atoms with Gasteiger partial charge in [-0.15, -0.1) is 0 Å². The third-order valence-corrected chi connectivity index (χ3v) is 3.19. The molecule has 0 amide bonds. The van der Waals surface area contributed by atoms with Crippen molar-refractivity contribution in [2.24, 2.45) is 0 Å². The second-order valence-corrected chi connectivity index (χ2v) is 4.74. The normalized spacial score (nSPS) is 9.83. The zero-order chi connectivity index (χ0) is 16.4. The van der Waals surface area contributed by atoms with Crippen LogP contribution in [-0.4, -0.2) is 9.85 Å². The van der Waals surface area contributed by atoms with Gasteiger partial charge < -0.3 is 10.4 Å². The van der Waals surface area contributed by atoms with Gasteiger partial charge in [-0.2, -0.15) is 0 Å². The van der Waals surface area contributed by atoms with Crippen LogP contribution >= 0.6 is 0 Å². The Kier molecular flexibility index (Phi) is 6.08. The quantitative estimate of drug-likeness (QED) is 0.477. The minimum Gasteiger partial charge on any atom is -0.871 e. The number of nitro benzene ring substituents is 2. The number of hydrogen-bond donors (Lipinski definition) is 1. The SMILES string of the molecule is Cc1cccc([O-])c1Nc1c(C)cc([N+](=O)[O-])cc1[N+](=O)[O-].[Na+]. The van der Waals surface area contributed by atoms with Crippen molar-refractivity contribution in [3.8, 4) is 5.75 Å². The summed E-state index contributed by atoms with van der Waals surface area (Å²) in [4.78, 5) is 20.6. The fourth-order valence-electron chi connectivity index (χ4n) is 2.09. The van der Waals surface area contributed by atoms with Crippen LogP contribution in [0, 0.1) is 34.1 Å². The first-order valence-electron chi connectivity index (χ1n) is 6.28. The van der Waals surface area contributed by atoms with Crippen LogP contribution in [0.3, 0.4) is 0 Å². The summed E-state index contributed by atoms with van der Waals surface area (Å²) in [5.41, 5.74) is 0.392. The Labute approximate surface area is 153 Å². The van der Waals surface area contributed by atoms with E-state index in [4.69, 9.17) is 0 Å². The van der Waals surface area contributed by atoms with E-state index < -0.39 is 15.5 Å². The molecule has 0 aromatic heterocycles. The maximum absolute atomic E-state index is 11.9. The molecule has 0 aliphatic heterocycles. The second-order valence-electron chi connectivity index (χ2n) is 4.74. The smallest absolute Gasteiger partial charge is 0.871 e. The zero-order valence-corrected chi connectivity index (χ0v) is 14.8. The van der Waals surface area contributed by atoms with Crippen LogP contribution in [0.5, 0.6) is 5.75 Å². The molecule has 114 valence electrons. The average molecular weight is 325 g/mol. The van der Waals surface area contributed by atoms with Crippen LogP contribution in [0.25, 0.3) is 0 Å². The predicted octanol–water partition coefficient (Wildman–Crippen LogP) is -0.0590. The second kappa shape index (κ2) is 7.40. The Hall–Kier alpha value is -2.16. The van der Waals surface area contributed by atoms with E-state index in [0.29, 0.717) is 11.1 Å². The molecule has 0 bridgehead atoms. The number of nitrogens with zero attached hydrogens (tertiary/aromatic N) is 2. The van der Waals surface area contributed by atoms with Crippen LogP contribution in [0.1, 0.15) is 11.1 Å². The first-order chi connectivity index (χ1) is 10.3. The van der Waals surface area contributed by atoms with Crippen molar-refractivity contribution in [2.45, 2.75) is 13.8 Å². The van der Waals surface area contributed by atoms with Gasteiger partial charge in [-0.1, -0.05) is 23.9 Å². The molecule has 0 saturated carbocycles. The third kappa shape index (κ3) is 3.98. The molecule has 0 saturated heterocycles. The summed E-state index contributed by atoms with van der Waals surface area (Å²) < 4.78 is 0. The van der Waals surface area contributed by atoms with Crippen LogP contribution in [0.2, 0.25) is 0 Å². The topological polar surface area (TPSA) is 121 Å². The molecule has 2 aromatic rings. The molecular formula is C14H12N3NaO5. The molecule has 9 heteroatoms. The monoisotopic (exact) mass is 325 g/mol. The fraction of sp³-hybridized carbons (Fsp3) is 0.143. The largest absolute Gasteiger partial charge is 1.00 e. The number of rotatable bonds is 4. The first-order valence-corrected chi connectivity index (χ1v) is 6.28. The number of non-ortho nitro benzene ring substituents is 1. The van der Waals surface area contributed by atoms with Crippen molar-refractivity contribution in [1.29, 1.82) is 0 Å². The summed E-state index contributed by atoms with van der Waals surface area (Å²) >= 11 is 0. The van der Waals surface area contributed by atoms with Crippen LogP contribution in [-0.2, 0) is 0 Å². The standard InChI is InChI=1S/C14H13N3O5.Na/c1-8-4-3-5-12(18)14(8)15-13-9(2)6-10(16(19)20)7-11(13)17(21)22;/h3-7,15,18H,1-2H3;/q;+1/p-1. The molecule has 0 aliphatic rings. The molecule has 0 atom stereocenters. The van der Waals surface area contributed by atoms with Crippen molar-refractivity contribution in [3.63, 3.8) is 0 Å². The molecule has 1 N–H and O–H groups in total. The van der Waals surface area contributed by atoms with E-state index >= 15 is 0 Å². The van der Waals surface area contributed by atoms with E-state index in [1.165, 1.54) is 19.1 Å². The summed E-state index contributed by atoms with van der Waals surface area (Å²) in [5.74, 6) is -0.313. The molecule has 0 fully saturated rings. The van der Waals surface area contributed by atoms with Gasteiger partial charge in [0.2, 0.25) is 0 Å². The van der Waals surface area contributed by atoms with Gasteiger partial charge in [-0.05, 0) is 25.0 Å². The number of para-hydroxylation sites is 1. The van der Waals surface area contributed by atoms with E-state index in [2.05, 4.69) is 5.32 Å². The van der Waals surface area contributed by atoms with Gasteiger partial charge in [0.25, 0.3) is 11.4 Å². The number of nitrogens with one attached hydrogen (secondary N) is 1.